The van der Waals surface area contributed by atoms with E-state index in [9.17, 15) is 21.9 Å². The van der Waals surface area contributed by atoms with E-state index >= 15 is 0 Å². The van der Waals surface area contributed by atoms with E-state index in [4.69, 9.17) is 18.9 Å². The van der Waals surface area contributed by atoms with Crippen molar-refractivity contribution in [3.8, 4) is 34.5 Å². The molecule has 0 atom stereocenters. The summed E-state index contributed by atoms with van der Waals surface area (Å²) in [5, 5.41) is 10.4. The Labute approximate surface area is 303 Å². The number of benzene rings is 6. The summed E-state index contributed by atoms with van der Waals surface area (Å²) in [6.07, 6.45) is -1.02. The summed E-state index contributed by atoms with van der Waals surface area (Å²) >= 11 is 0. The second kappa shape index (κ2) is 15.7. The van der Waals surface area contributed by atoms with E-state index < -0.39 is 25.8 Å². The molecule has 0 aliphatic carbocycles. The second-order valence-corrected chi connectivity index (χ2v) is 15.9. The van der Waals surface area contributed by atoms with Crippen molar-refractivity contribution in [1.29, 1.82) is 0 Å². The summed E-state index contributed by atoms with van der Waals surface area (Å²) in [6.45, 7) is 3.72. The molecule has 0 amide bonds. The van der Waals surface area contributed by atoms with E-state index in [1.807, 2.05) is 62.4 Å². The highest BCUT2D eigenvalue weighted by Gasteiger charge is 2.20. The van der Waals surface area contributed by atoms with Crippen LogP contribution in [0.5, 0.6) is 34.5 Å². The third-order valence-corrected chi connectivity index (χ3v) is 11.5. The number of aliphatic hydroxyl groups is 1. The van der Waals surface area contributed by atoms with Gasteiger partial charge in [-0.1, -0.05) is 35.4 Å². The summed E-state index contributed by atoms with van der Waals surface area (Å²) in [5.41, 5.74) is 2.21. The van der Waals surface area contributed by atoms with Crippen LogP contribution in [0.4, 0.5) is 0 Å². The van der Waals surface area contributed by atoms with Gasteiger partial charge >= 0.3 is 0 Å². The van der Waals surface area contributed by atoms with Gasteiger partial charge in [0, 0.05) is 0 Å². The predicted octanol–water partition coefficient (Wildman–Crippen LogP) is 8.37. The topological polar surface area (TPSA) is 125 Å². The Morgan fingerprint density at radius 2 is 0.635 bits per heavy atom. The van der Waals surface area contributed by atoms with Gasteiger partial charge in [0.05, 0.1) is 19.6 Å². The van der Waals surface area contributed by atoms with Crippen LogP contribution in [0.1, 0.15) is 11.1 Å². The molecule has 52 heavy (non-hydrogen) atoms. The quantitative estimate of drug-likeness (QED) is 0.117. The maximum Gasteiger partial charge on any atom is 0.206 e. The lowest BCUT2D eigenvalue weighted by molar-refractivity contribution is 0.0626. The largest absolute Gasteiger partial charge is 0.491 e. The highest BCUT2D eigenvalue weighted by molar-refractivity contribution is 7.91. The van der Waals surface area contributed by atoms with Gasteiger partial charge in [-0.05, 0) is 135 Å². The zero-order chi connectivity index (χ0) is 36.7. The fourth-order valence-corrected chi connectivity index (χ4v) is 7.52. The van der Waals surface area contributed by atoms with Gasteiger partial charge in [0.1, 0.15) is 53.8 Å². The molecular formula is C41H36O9S2. The number of sulfone groups is 2. The molecule has 0 heterocycles. The smallest absolute Gasteiger partial charge is 0.206 e. The first kappa shape index (κ1) is 36.2. The maximum atomic E-state index is 13.2. The van der Waals surface area contributed by atoms with Crippen molar-refractivity contribution in [2.75, 3.05) is 13.2 Å². The molecule has 0 saturated heterocycles. The number of aliphatic hydroxyl groups excluding tert-OH is 1. The number of ether oxygens (including phenoxy) is 4. The van der Waals surface area contributed by atoms with Gasteiger partial charge in [-0.25, -0.2) is 16.8 Å². The molecule has 266 valence electrons. The fourth-order valence-electron chi connectivity index (χ4n) is 4.99. The molecule has 6 aromatic rings. The summed E-state index contributed by atoms with van der Waals surface area (Å²) < 4.78 is 75.6. The van der Waals surface area contributed by atoms with Gasteiger partial charge in [-0.2, -0.15) is 0 Å². The van der Waals surface area contributed by atoms with Gasteiger partial charge in [-0.15, -0.1) is 0 Å². The highest BCUT2D eigenvalue weighted by atomic mass is 32.2. The molecule has 0 aliphatic heterocycles. The molecule has 0 aliphatic rings. The molecule has 0 unspecified atom stereocenters. The first-order valence-corrected chi connectivity index (χ1v) is 19.3. The van der Waals surface area contributed by atoms with Crippen molar-refractivity contribution in [2.24, 2.45) is 0 Å². The Morgan fingerprint density at radius 1 is 0.404 bits per heavy atom. The van der Waals surface area contributed by atoms with Crippen LogP contribution < -0.4 is 18.9 Å². The standard InChI is InChI=1S/C41H36O9S2/c1-29-3-7-34(8-4-29)49-36-15-23-40(24-16-36)51(43,44)38-19-11-32(12-20-38)47-27-31(42)28-48-33-13-21-39(22-14-33)52(45,46)41-25-17-37(18-26-41)50-35-9-5-30(2)6-10-35/h3-26,31,42H,27-28H2,1-2H3. The molecule has 0 aromatic heterocycles. The van der Waals surface area contributed by atoms with Crippen molar-refractivity contribution in [1.82, 2.24) is 0 Å². The maximum absolute atomic E-state index is 13.2. The van der Waals surface area contributed by atoms with E-state index in [-0.39, 0.29) is 32.8 Å². The third kappa shape index (κ3) is 8.99. The van der Waals surface area contributed by atoms with Crippen molar-refractivity contribution < 1.29 is 40.9 Å². The molecule has 0 radical (unpaired) electrons. The monoisotopic (exact) mass is 736 g/mol. The second-order valence-electron chi connectivity index (χ2n) is 12.0. The van der Waals surface area contributed by atoms with Gasteiger partial charge in [0.15, 0.2) is 0 Å². The minimum absolute atomic E-state index is 0.0885. The van der Waals surface area contributed by atoms with Gasteiger partial charge in [-0.3, -0.25) is 0 Å². The van der Waals surface area contributed by atoms with Gasteiger partial charge in [0.2, 0.25) is 19.7 Å². The zero-order valence-electron chi connectivity index (χ0n) is 28.4. The van der Waals surface area contributed by atoms with E-state index in [1.54, 1.807) is 24.3 Å². The number of aryl methyl sites for hydroxylation is 2. The van der Waals surface area contributed by atoms with E-state index in [2.05, 4.69) is 0 Å². The van der Waals surface area contributed by atoms with Gasteiger partial charge in [0.25, 0.3) is 0 Å². The van der Waals surface area contributed by atoms with E-state index in [0.29, 0.717) is 34.5 Å². The van der Waals surface area contributed by atoms with Crippen LogP contribution in [-0.4, -0.2) is 41.3 Å². The summed E-state index contributed by atoms with van der Waals surface area (Å²) in [5.74, 6) is 3.07. The molecular weight excluding hydrogens is 701 g/mol. The van der Waals surface area contributed by atoms with Crippen molar-refractivity contribution in [2.45, 2.75) is 39.5 Å². The molecule has 11 heteroatoms. The van der Waals surface area contributed by atoms with Crippen LogP contribution in [0.3, 0.4) is 0 Å². The molecule has 1 N–H and O–H groups in total. The SMILES string of the molecule is Cc1ccc(Oc2ccc(S(=O)(=O)c3ccc(OCC(O)COc4ccc(S(=O)(=O)c5ccc(Oc6ccc(C)cc6)cc5)cc4)cc3)cc2)cc1. The Bertz CT molecular complexity index is 2140. The predicted molar refractivity (Wildman–Crippen MR) is 196 cm³/mol. The Morgan fingerprint density at radius 3 is 0.904 bits per heavy atom. The minimum atomic E-state index is -3.79. The van der Waals surface area contributed by atoms with Crippen LogP contribution >= 0.6 is 0 Å². The molecule has 9 nitrogen and oxygen atoms in total. The van der Waals surface area contributed by atoms with Crippen molar-refractivity contribution in [3.63, 3.8) is 0 Å². The number of hydrogen-bond acceptors (Lipinski definition) is 9. The summed E-state index contributed by atoms with van der Waals surface area (Å²) in [6, 6.07) is 39.3. The van der Waals surface area contributed by atoms with Crippen LogP contribution in [0.25, 0.3) is 0 Å². The summed E-state index contributed by atoms with van der Waals surface area (Å²) in [4.78, 5) is 0.416. The highest BCUT2D eigenvalue weighted by Crippen LogP contribution is 2.29. The molecule has 0 fully saturated rings. The molecule has 6 aromatic carbocycles. The molecule has 6 rings (SSSR count). The average Bonchev–Trinajstić information content (AvgIpc) is 3.16. The van der Waals surface area contributed by atoms with Gasteiger partial charge < -0.3 is 24.1 Å². The molecule has 0 spiro atoms. The van der Waals surface area contributed by atoms with E-state index in [0.717, 1.165) is 11.1 Å². The lowest BCUT2D eigenvalue weighted by Crippen LogP contribution is -2.25. The lowest BCUT2D eigenvalue weighted by atomic mass is 10.2. The van der Waals surface area contributed by atoms with Crippen molar-refractivity contribution >= 4 is 19.7 Å². The van der Waals surface area contributed by atoms with Crippen LogP contribution in [-0.2, 0) is 19.7 Å². The number of rotatable bonds is 14. The molecule has 0 bridgehead atoms. The van der Waals surface area contributed by atoms with Crippen LogP contribution in [0.2, 0.25) is 0 Å². The van der Waals surface area contributed by atoms with Crippen LogP contribution in [0.15, 0.2) is 165 Å². The first-order valence-electron chi connectivity index (χ1n) is 16.3. The number of hydrogen-bond donors (Lipinski definition) is 1. The Balaban J connectivity index is 0.971. The fraction of sp³-hybridized carbons (Fsp3) is 0.122. The van der Waals surface area contributed by atoms with Crippen molar-refractivity contribution in [3.05, 3.63) is 157 Å². The lowest BCUT2D eigenvalue weighted by Gasteiger charge is -2.14. The summed E-state index contributed by atoms with van der Waals surface area (Å²) in [7, 11) is -7.57. The minimum Gasteiger partial charge on any atom is -0.491 e. The Hall–Kier alpha value is -5.62. The molecule has 0 saturated carbocycles. The third-order valence-electron chi connectivity index (χ3n) is 7.93. The van der Waals surface area contributed by atoms with E-state index in [1.165, 1.54) is 72.8 Å². The first-order chi connectivity index (χ1) is 25.0. The van der Waals surface area contributed by atoms with Crippen LogP contribution in [0, 0.1) is 13.8 Å². The zero-order valence-corrected chi connectivity index (χ0v) is 30.0. The Kier molecular flexibility index (Phi) is 10.9. The average molecular weight is 737 g/mol. The normalized spacial score (nSPS) is 11.6.